The summed E-state index contributed by atoms with van der Waals surface area (Å²) in [6, 6.07) is 6.96. The highest BCUT2D eigenvalue weighted by Gasteiger charge is 2.25. The van der Waals surface area contributed by atoms with E-state index in [0.29, 0.717) is 58.5 Å². The fraction of sp³-hybridized carbons (Fsp3) is 0.393. The smallest absolute Gasteiger partial charge is 0.257 e. The van der Waals surface area contributed by atoms with Crippen LogP contribution < -0.4 is 29.2 Å². The van der Waals surface area contributed by atoms with Gasteiger partial charge in [-0.3, -0.25) is 9.59 Å². The Morgan fingerprint density at radius 3 is 2.12 bits per heavy atom. The van der Waals surface area contributed by atoms with E-state index >= 15 is 0 Å². The number of pyridine rings is 1. The van der Waals surface area contributed by atoms with Crippen LogP contribution in [-0.4, -0.2) is 60.9 Å². The molecule has 218 valence electrons. The van der Waals surface area contributed by atoms with Gasteiger partial charge in [0.05, 0.1) is 42.5 Å². The Labute approximate surface area is 239 Å². The van der Waals surface area contributed by atoms with Gasteiger partial charge in [-0.15, -0.1) is 11.3 Å². The summed E-state index contributed by atoms with van der Waals surface area (Å²) in [5.41, 5.74) is 2.34. The van der Waals surface area contributed by atoms with Gasteiger partial charge in [-0.25, -0.2) is 4.98 Å². The van der Waals surface area contributed by atoms with Crippen molar-refractivity contribution in [1.82, 2.24) is 9.88 Å². The van der Waals surface area contributed by atoms with E-state index < -0.39 is 11.9 Å². The number of methoxy groups -OCH3 is 2. The van der Waals surface area contributed by atoms with E-state index in [-0.39, 0.29) is 49.9 Å². The maximum Gasteiger partial charge on any atom is 0.257 e. The number of amides is 1. The third kappa shape index (κ3) is 7.42. The minimum atomic E-state index is -1.28. The van der Waals surface area contributed by atoms with E-state index in [0.717, 1.165) is 11.1 Å². The van der Waals surface area contributed by atoms with Crippen molar-refractivity contribution >= 4 is 45.2 Å². The summed E-state index contributed by atoms with van der Waals surface area (Å²) in [5.74, 6) is -1.41. The molecule has 0 radical (unpaired) electrons. The number of hydrogen-bond donors (Lipinski definition) is 0. The van der Waals surface area contributed by atoms with Crippen LogP contribution in [0.1, 0.15) is 52.9 Å². The highest BCUT2D eigenvalue weighted by Crippen LogP contribution is 2.36. The molecule has 12 nitrogen and oxygen atoms in total. The maximum atomic E-state index is 12.3. The number of aliphatic carboxylic acids is 2. The van der Waals surface area contributed by atoms with Crippen molar-refractivity contribution in [3.8, 4) is 23.1 Å². The first kappa shape index (κ1) is 29.6. The molecule has 0 saturated heterocycles. The predicted molar refractivity (Wildman–Crippen MR) is 142 cm³/mol. The minimum absolute atomic E-state index is 0.111. The number of nitrogens with zero attached hydrogens (tertiary/aromatic N) is 2. The van der Waals surface area contributed by atoms with Gasteiger partial charge in [0.25, 0.3) is 5.88 Å². The van der Waals surface area contributed by atoms with Gasteiger partial charge in [-0.1, -0.05) is 0 Å². The van der Waals surface area contributed by atoms with E-state index in [2.05, 4.69) is 4.98 Å². The van der Waals surface area contributed by atoms with Crippen LogP contribution >= 0.6 is 11.3 Å². The molecule has 3 heterocycles. The molecular formula is C28H28N2O10S-2. The molecule has 0 spiro atoms. The van der Waals surface area contributed by atoms with Gasteiger partial charge in [0.1, 0.15) is 0 Å². The van der Waals surface area contributed by atoms with Crippen molar-refractivity contribution in [3.63, 3.8) is 0 Å². The van der Waals surface area contributed by atoms with E-state index in [1.165, 1.54) is 25.6 Å². The summed E-state index contributed by atoms with van der Waals surface area (Å²) >= 11 is 1.20. The quantitative estimate of drug-likeness (QED) is 0.186. The van der Waals surface area contributed by atoms with Crippen molar-refractivity contribution in [2.75, 3.05) is 27.4 Å². The molecule has 3 aromatic rings. The molecule has 0 saturated carbocycles. The lowest BCUT2D eigenvalue weighted by molar-refractivity contribution is -0.307. The zero-order chi connectivity index (χ0) is 29.5. The highest BCUT2D eigenvalue weighted by molar-refractivity contribution is 7.20. The van der Waals surface area contributed by atoms with E-state index in [1.54, 1.807) is 17.0 Å². The number of rotatable bonds is 15. The number of ether oxygens (including phenoxy) is 4. The van der Waals surface area contributed by atoms with Crippen LogP contribution in [0.25, 0.3) is 10.2 Å². The van der Waals surface area contributed by atoms with Gasteiger partial charge in [-0.05, 0) is 42.2 Å². The SMILES string of the molecule is COc1cc2c(cc1OCCCOc1nc3cc(C(=O)CCC(=O)[O-])sc3cc1OC)CN(C(=O)CCC(=O)[O-])C2. The highest BCUT2D eigenvalue weighted by atomic mass is 32.1. The standard InChI is InChI=1S/C28H30N2O10S/c1-37-20-10-16-14-30(25(32)5-7-27(35)36)15-17(16)11-21(20)39-8-3-9-40-28-22(38-2)13-23-18(29-28)12-24(41-23)19(31)4-6-26(33)34/h10-13H,3-9,14-15H2,1-2H3,(H,33,34)(H,35,36)/p-2. The summed E-state index contributed by atoms with van der Waals surface area (Å²) in [7, 11) is 3.01. The number of thiophene rings is 1. The zero-order valence-corrected chi connectivity index (χ0v) is 23.4. The largest absolute Gasteiger partial charge is 0.550 e. The van der Waals surface area contributed by atoms with Gasteiger partial charge < -0.3 is 43.6 Å². The maximum absolute atomic E-state index is 12.3. The zero-order valence-electron chi connectivity index (χ0n) is 22.6. The monoisotopic (exact) mass is 584 g/mol. The Morgan fingerprint density at radius 2 is 1.46 bits per heavy atom. The fourth-order valence-electron chi connectivity index (χ4n) is 4.29. The number of benzene rings is 1. The molecule has 0 bridgehead atoms. The normalized spacial score (nSPS) is 12.2. The molecule has 1 aromatic carbocycles. The third-order valence-corrected chi connectivity index (χ3v) is 7.49. The Morgan fingerprint density at radius 1 is 0.829 bits per heavy atom. The number of ketones is 1. The van der Waals surface area contributed by atoms with Crippen LogP contribution in [-0.2, 0) is 27.5 Å². The molecule has 41 heavy (non-hydrogen) atoms. The summed E-state index contributed by atoms with van der Waals surface area (Å²) in [5, 5.41) is 21.3. The first-order chi connectivity index (χ1) is 19.7. The van der Waals surface area contributed by atoms with Gasteiger partial charge in [-0.2, -0.15) is 0 Å². The Bertz CT molecular complexity index is 1470. The van der Waals surface area contributed by atoms with Crippen molar-refractivity contribution < 1.29 is 48.3 Å². The number of carbonyl (C=O) groups is 4. The molecule has 0 unspecified atom stereocenters. The van der Waals surface area contributed by atoms with Crippen molar-refractivity contribution in [3.05, 3.63) is 40.3 Å². The van der Waals surface area contributed by atoms with E-state index in [1.807, 2.05) is 12.1 Å². The van der Waals surface area contributed by atoms with Crippen LogP contribution in [0, 0.1) is 0 Å². The molecular weight excluding hydrogens is 556 g/mol. The molecule has 4 rings (SSSR count). The van der Waals surface area contributed by atoms with Gasteiger partial charge in [0.2, 0.25) is 5.91 Å². The summed E-state index contributed by atoms with van der Waals surface area (Å²) in [6.45, 7) is 1.27. The van der Waals surface area contributed by atoms with Crippen LogP contribution in [0.4, 0.5) is 0 Å². The molecule has 13 heteroatoms. The van der Waals surface area contributed by atoms with E-state index in [9.17, 15) is 29.4 Å². The molecule has 1 aliphatic heterocycles. The van der Waals surface area contributed by atoms with Crippen molar-refractivity contribution in [2.24, 2.45) is 0 Å². The second kappa shape index (κ2) is 13.3. The third-order valence-electron chi connectivity index (χ3n) is 6.38. The number of fused-ring (bicyclic) bond motifs is 2. The summed E-state index contributed by atoms with van der Waals surface area (Å²) < 4.78 is 23.3. The molecule has 1 amide bonds. The first-order valence-corrected chi connectivity index (χ1v) is 13.6. The number of hydrogen-bond acceptors (Lipinski definition) is 12. The second-order valence-corrected chi connectivity index (χ2v) is 10.3. The minimum Gasteiger partial charge on any atom is -0.550 e. The molecule has 0 fully saturated rings. The van der Waals surface area contributed by atoms with Crippen molar-refractivity contribution in [1.29, 1.82) is 0 Å². The second-order valence-electron chi connectivity index (χ2n) is 9.23. The van der Waals surface area contributed by atoms with Crippen LogP contribution in [0.3, 0.4) is 0 Å². The number of Topliss-reactive ketones (excluding diaryl/α,β-unsaturated/α-hetero) is 1. The average Bonchev–Trinajstić information content (AvgIpc) is 3.56. The average molecular weight is 585 g/mol. The summed E-state index contributed by atoms with van der Waals surface area (Å²) in [6.07, 6.45) is -0.428. The van der Waals surface area contributed by atoms with Crippen LogP contribution in [0.2, 0.25) is 0 Å². The van der Waals surface area contributed by atoms with Gasteiger partial charge >= 0.3 is 0 Å². The molecule has 0 aliphatic carbocycles. The lowest BCUT2D eigenvalue weighted by atomic mass is 10.1. The number of carboxylic acids is 2. The Balaban J connectivity index is 1.33. The molecule has 1 aliphatic rings. The van der Waals surface area contributed by atoms with Crippen molar-refractivity contribution in [2.45, 2.75) is 45.2 Å². The fourth-order valence-corrected chi connectivity index (χ4v) is 5.29. The summed E-state index contributed by atoms with van der Waals surface area (Å²) in [4.78, 5) is 52.4. The van der Waals surface area contributed by atoms with Crippen LogP contribution in [0.5, 0.6) is 23.1 Å². The molecule has 2 aromatic heterocycles. The number of carboxylic acid groups (broad SMARTS) is 2. The van der Waals surface area contributed by atoms with Crippen LogP contribution in [0.15, 0.2) is 24.3 Å². The number of aromatic nitrogens is 1. The lowest BCUT2D eigenvalue weighted by Gasteiger charge is -2.15. The Hall–Kier alpha value is -4.39. The van der Waals surface area contributed by atoms with E-state index in [4.69, 9.17) is 18.9 Å². The number of carbonyl (C=O) groups excluding carboxylic acids is 4. The van der Waals surface area contributed by atoms with Gasteiger partial charge in [0.15, 0.2) is 23.0 Å². The van der Waals surface area contributed by atoms with Gasteiger partial charge in [0, 0.05) is 50.4 Å². The lowest BCUT2D eigenvalue weighted by Crippen LogP contribution is -2.28. The Kier molecular flexibility index (Phi) is 9.61. The topological polar surface area (TPSA) is 167 Å². The predicted octanol–water partition coefficient (Wildman–Crippen LogP) is 1.25. The molecule has 0 N–H and O–H groups in total. The molecule has 0 atom stereocenters. The first-order valence-electron chi connectivity index (χ1n) is 12.8.